The molecule has 2 aromatic carbocycles. The zero-order chi connectivity index (χ0) is 21.0. The Morgan fingerprint density at radius 3 is 2.47 bits per heavy atom. The number of fused-ring (bicyclic) bond motifs is 4. The maximum Gasteiger partial charge on any atom is 0.244 e. The van der Waals surface area contributed by atoms with Gasteiger partial charge in [0.05, 0.1) is 11.1 Å². The fourth-order valence-electron chi connectivity index (χ4n) is 4.19. The minimum atomic E-state index is -1.57. The molecule has 8 heteroatoms. The average molecular weight is 438 g/mol. The highest BCUT2D eigenvalue weighted by atomic mass is 35.5. The molecule has 0 fully saturated rings. The number of para-hydroxylation sites is 1. The van der Waals surface area contributed by atoms with Gasteiger partial charge in [-0.25, -0.2) is 4.98 Å². The molecule has 2 aliphatic heterocycles. The lowest BCUT2D eigenvalue weighted by molar-refractivity contribution is -0.121. The molecule has 0 saturated heterocycles. The summed E-state index contributed by atoms with van der Waals surface area (Å²) in [7, 11) is 0. The summed E-state index contributed by atoms with van der Waals surface area (Å²) in [5.41, 5.74) is 0.565. The van der Waals surface area contributed by atoms with Crippen molar-refractivity contribution < 1.29 is 14.3 Å². The van der Waals surface area contributed by atoms with Crippen molar-refractivity contribution in [2.75, 3.05) is 5.32 Å². The second-order valence-electron chi connectivity index (χ2n) is 6.94. The predicted molar refractivity (Wildman–Crippen MR) is 113 cm³/mol. The molecule has 0 radical (unpaired) electrons. The van der Waals surface area contributed by atoms with Gasteiger partial charge >= 0.3 is 0 Å². The van der Waals surface area contributed by atoms with Crippen molar-refractivity contribution >= 4 is 46.3 Å². The minimum Gasteiger partial charge on any atom is -0.437 e. The molecule has 1 N–H and O–H groups in total. The van der Waals surface area contributed by atoms with Gasteiger partial charge in [0.15, 0.2) is 5.78 Å². The summed E-state index contributed by atoms with van der Waals surface area (Å²) < 4.78 is 6.06. The molecule has 1 atom stereocenters. The van der Waals surface area contributed by atoms with Crippen LogP contribution >= 0.6 is 23.2 Å². The van der Waals surface area contributed by atoms with E-state index < -0.39 is 11.3 Å². The first-order chi connectivity index (χ1) is 14.4. The maximum atomic E-state index is 13.6. The number of Topliss-reactive ketones (excluding diaryl/α,β-unsaturated/α-hetero) is 1. The third-order valence-electron chi connectivity index (χ3n) is 5.29. The quantitative estimate of drug-likeness (QED) is 0.474. The zero-order valence-corrected chi connectivity index (χ0v) is 17.1. The largest absolute Gasteiger partial charge is 0.437 e. The number of carbonyl (C=O) groups is 2. The molecule has 1 spiro atoms. The Balaban J connectivity index is 1.98. The summed E-state index contributed by atoms with van der Waals surface area (Å²) in [4.78, 5) is 34.9. The molecule has 148 valence electrons. The van der Waals surface area contributed by atoms with E-state index in [4.69, 9.17) is 27.9 Å². The van der Waals surface area contributed by atoms with E-state index >= 15 is 0 Å². The van der Waals surface area contributed by atoms with E-state index in [-0.39, 0.29) is 39.0 Å². The lowest BCUT2D eigenvalue weighted by Crippen LogP contribution is -2.44. The number of ether oxygens (including phenoxy) is 1. The summed E-state index contributed by atoms with van der Waals surface area (Å²) in [6, 6.07) is 16.2. The summed E-state index contributed by atoms with van der Waals surface area (Å²) in [6.45, 7) is 1.40. The molecule has 1 unspecified atom stereocenters. The molecule has 1 aromatic heterocycles. The number of amides is 1. The molecule has 5 rings (SSSR count). The first kappa shape index (κ1) is 18.8. The van der Waals surface area contributed by atoms with Crippen LogP contribution < -0.4 is 10.1 Å². The molecular weight excluding hydrogens is 425 g/mol. The molecule has 3 heterocycles. The Morgan fingerprint density at radius 2 is 1.73 bits per heavy atom. The Hall–Kier alpha value is -3.22. The number of halogens is 2. The van der Waals surface area contributed by atoms with Crippen molar-refractivity contribution in [1.29, 1.82) is 0 Å². The van der Waals surface area contributed by atoms with Crippen molar-refractivity contribution in [2.45, 2.75) is 12.3 Å². The fourth-order valence-corrected chi connectivity index (χ4v) is 4.70. The van der Waals surface area contributed by atoms with Crippen LogP contribution in [0.1, 0.15) is 23.6 Å². The number of anilines is 1. The lowest BCUT2D eigenvalue weighted by Gasteiger charge is -2.36. The van der Waals surface area contributed by atoms with Gasteiger partial charge in [-0.05, 0) is 24.6 Å². The van der Waals surface area contributed by atoms with Gasteiger partial charge in [-0.2, -0.15) is 4.98 Å². The molecule has 30 heavy (non-hydrogen) atoms. The van der Waals surface area contributed by atoms with Gasteiger partial charge in [-0.1, -0.05) is 60.1 Å². The molecular formula is C22H13Cl2N3O3. The van der Waals surface area contributed by atoms with E-state index in [1.165, 1.54) is 6.92 Å². The first-order valence-electron chi connectivity index (χ1n) is 9.08. The number of ketones is 1. The Kier molecular flexibility index (Phi) is 4.17. The van der Waals surface area contributed by atoms with Crippen molar-refractivity contribution in [3.05, 3.63) is 87.3 Å². The van der Waals surface area contributed by atoms with Crippen molar-refractivity contribution in [1.82, 2.24) is 9.97 Å². The second kappa shape index (κ2) is 6.65. The van der Waals surface area contributed by atoms with Crippen LogP contribution in [0.4, 0.5) is 5.69 Å². The van der Waals surface area contributed by atoms with Crippen LogP contribution in [0.3, 0.4) is 0 Å². The molecule has 0 aliphatic carbocycles. The van der Waals surface area contributed by atoms with Crippen molar-refractivity contribution in [3.8, 4) is 5.88 Å². The van der Waals surface area contributed by atoms with E-state index in [2.05, 4.69) is 15.3 Å². The number of nitrogens with one attached hydrogen (secondary N) is 1. The number of nitrogens with zero attached hydrogens (tertiary/aromatic N) is 2. The van der Waals surface area contributed by atoms with Crippen LogP contribution in [0.2, 0.25) is 10.4 Å². The predicted octanol–water partition coefficient (Wildman–Crippen LogP) is 4.41. The highest BCUT2D eigenvalue weighted by Crippen LogP contribution is 2.56. The number of rotatable bonds is 2. The van der Waals surface area contributed by atoms with Crippen LogP contribution in [0.5, 0.6) is 5.88 Å². The van der Waals surface area contributed by atoms with Crippen molar-refractivity contribution in [3.63, 3.8) is 0 Å². The summed E-state index contributed by atoms with van der Waals surface area (Å²) >= 11 is 12.5. The number of hydrogen-bond acceptors (Lipinski definition) is 5. The zero-order valence-electron chi connectivity index (χ0n) is 15.6. The van der Waals surface area contributed by atoms with E-state index in [1.807, 2.05) is 18.2 Å². The van der Waals surface area contributed by atoms with Gasteiger partial charge in [0.25, 0.3) is 0 Å². The summed E-state index contributed by atoms with van der Waals surface area (Å²) in [5.74, 6) is -0.499. The fraction of sp³-hybridized carbons (Fsp3) is 0.0909. The standard InChI is InChI=1S/C22H13Cl2N3O3/c1-11(28)15-17(12-7-3-2-4-8-12)30-19-16(18(23)26-21(24)27-19)22(15)13-9-5-6-10-14(13)25-20(22)29/h2-10H,1H3,(H,25,29). The minimum absolute atomic E-state index is 0.0377. The third-order valence-corrected chi connectivity index (χ3v) is 5.73. The highest BCUT2D eigenvalue weighted by Gasteiger charge is 2.59. The Labute approximate surface area is 181 Å². The number of benzene rings is 2. The molecule has 1 amide bonds. The monoisotopic (exact) mass is 437 g/mol. The topological polar surface area (TPSA) is 81.2 Å². The summed E-state index contributed by atoms with van der Waals surface area (Å²) in [6.07, 6.45) is 0. The van der Waals surface area contributed by atoms with Gasteiger partial charge in [0, 0.05) is 16.8 Å². The van der Waals surface area contributed by atoms with Gasteiger partial charge in [-0.15, -0.1) is 0 Å². The highest BCUT2D eigenvalue weighted by molar-refractivity contribution is 6.34. The lowest BCUT2D eigenvalue weighted by atomic mass is 9.67. The Morgan fingerprint density at radius 1 is 1.03 bits per heavy atom. The van der Waals surface area contributed by atoms with Crippen LogP contribution in [-0.4, -0.2) is 21.7 Å². The van der Waals surface area contributed by atoms with Crippen LogP contribution in [0.25, 0.3) is 5.76 Å². The van der Waals surface area contributed by atoms with Gasteiger partial charge in [-0.3, -0.25) is 9.59 Å². The van der Waals surface area contributed by atoms with E-state index in [0.717, 1.165) is 0 Å². The summed E-state index contributed by atoms with van der Waals surface area (Å²) in [5, 5.41) is 2.69. The van der Waals surface area contributed by atoms with Crippen LogP contribution in [-0.2, 0) is 15.0 Å². The number of hydrogen-bond donors (Lipinski definition) is 1. The second-order valence-corrected chi connectivity index (χ2v) is 7.64. The molecule has 3 aromatic rings. The third kappa shape index (κ3) is 2.44. The molecule has 6 nitrogen and oxygen atoms in total. The maximum absolute atomic E-state index is 13.6. The Bertz CT molecular complexity index is 1270. The molecule has 0 bridgehead atoms. The van der Waals surface area contributed by atoms with Crippen LogP contribution in [0.15, 0.2) is 60.2 Å². The molecule has 2 aliphatic rings. The van der Waals surface area contributed by atoms with Gasteiger partial charge in [0.1, 0.15) is 16.3 Å². The first-order valence-corrected chi connectivity index (χ1v) is 9.83. The van der Waals surface area contributed by atoms with E-state index in [9.17, 15) is 9.59 Å². The average Bonchev–Trinajstić information content (AvgIpc) is 3.00. The van der Waals surface area contributed by atoms with Crippen molar-refractivity contribution in [2.24, 2.45) is 0 Å². The number of carbonyl (C=O) groups excluding carboxylic acids is 2. The van der Waals surface area contributed by atoms with Gasteiger partial charge in [0.2, 0.25) is 17.1 Å². The van der Waals surface area contributed by atoms with Crippen LogP contribution in [0, 0.1) is 0 Å². The van der Waals surface area contributed by atoms with E-state index in [0.29, 0.717) is 16.8 Å². The number of aromatic nitrogens is 2. The van der Waals surface area contributed by atoms with Gasteiger partial charge < -0.3 is 10.1 Å². The SMILES string of the molecule is CC(=O)C1=C(c2ccccc2)Oc2nc(Cl)nc(Cl)c2C12C(=O)Nc1ccccc12. The normalized spacial score (nSPS) is 19.2. The smallest absolute Gasteiger partial charge is 0.244 e. The van der Waals surface area contributed by atoms with E-state index in [1.54, 1.807) is 36.4 Å². The molecule has 0 saturated carbocycles.